The zero-order valence-electron chi connectivity index (χ0n) is 11.6. The molecule has 0 bridgehead atoms. The number of aryl methyl sites for hydroxylation is 2. The first-order valence-electron chi connectivity index (χ1n) is 6.36. The van der Waals surface area contributed by atoms with E-state index >= 15 is 0 Å². The van der Waals surface area contributed by atoms with Crippen LogP contribution in [0.25, 0.3) is 0 Å². The van der Waals surface area contributed by atoms with E-state index in [1.165, 1.54) is 11.1 Å². The number of nitrogens with zero attached hydrogens (tertiary/aromatic N) is 1. The van der Waals surface area contributed by atoms with Crippen LogP contribution >= 0.6 is 35.0 Å². The van der Waals surface area contributed by atoms with Crippen molar-refractivity contribution in [1.29, 1.82) is 0 Å². The van der Waals surface area contributed by atoms with Gasteiger partial charge in [-0.1, -0.05) is 41.0 Å². The van der Waals surface area contributed by atoms with Gasteiger partial charge >= 0.3 is 0 Å². The molecule has 0 aliphatic carbocycles. The van der Waals surface area contributed by atoms with E-state index in [1.54, 1.807) is 17.8 Å². The lowest BCUT2D eigenvalue weighted by molar-refractivity contribution is 1.08. The molecular formula is C15H16Cl2N2S. The Morgan fingerprint density at radius 3 is 2.50 bits per heavy atom. The molecule has 1 N–H and O–H groups in total. The molecule has 0 aliphatic rings. The van der Waals surface area contributed by atoms with Crippen LogP contribution in [-0.4, -0.2) is 11.5 Å². The fourth-order valence-electron chi connectivity index (χ4n) is 1.70. The summed E-state index contributed by atoms with van der Waals surface area (Å²) in [6.07, 6.45) is 0. The lowest BCUT2D eigenvalue weighted by Crippen LogP contribution is -2.01. The second kappa shape index (κ2) is 6.70. The average molecular weight is 327 g/mol. The van der Waals surface area contributed by atoms with Crippen LogP contribution in [0.1, 0.15) is 18.1 Å². The van der Waals surface area contributed by atoms with Crippen LogP contribution in [0, 0.1) is 13.8 Å². The molecule has 2 rings (SSSR count). The van der Waals surface area contributed by atoms with Crippen LogP contribution in [0.15, 0.2) is 34.2 Å². The Kier molecular flexibility index (Phi) is 5.19. The maximum atomic E-state index is 6.23. The highest BCUT2D eigenvalue weighted by molar-refractivity contribution is 7.99. The average Bonchev–Trinajstić information content (AvgIpc) is 2.39. The van der Waals surface area contributed by atoms with Gasteiger partial charge in [0.1, 0.15) is 10.8 Å². The summed E-state index contributed by atoms with van der Waals surface area (Å²) >= 11 is 13.9. The molecule has 106 valence electrons. The van der Waals surface area contributed by atoms with Gasteiger partial charge in [-0.2, -0.15) is 0 Å². The van der Waals surface area contributed by atoms with Crippen molar-refractivity contribution in [2.45, 2.75) is 30.7 Å². The highest BCUT2D eigenvalue weighted by Gasteiger charge is 2.10. The summed E-state index contributed by atoms with van der Waals surface area (Å²) < 4.78 is 0. The summed E-state index contributed by atoms with van der Waals surface area (Å²) in [4.78, 5) is 5.61. The van der Waals surface area contributed by atoms with Gasteiger partial charge in [-0.15, -0.1) is 0 Å². The SMILES string of the molecule is CCNc1nc(Sc2ccc(C)c(C)c2)c(Cl)cc1Cl. The van der Waals surface area contributed by atoms with Gasteiger partial charge in [0.2, 0.25) is 0 Å². The number of nitrogens with one attached hydrogen (secondary N) is 1. The molecule has 2 aromatic rings. The predicted octanol–water partition coefficient (Wildman–Crippen LogP) is 5.59. The number of anilines is 1. The van der Waals surface area contributed by atoms with Crippen molar-refractivity contribution >= 4 is 40.8 Å². The number of pyridine rings is 1. The molecule has 1 aromatic heterocycles. The molecule has 0 aliphatic heterocycles. The molecule has 0 fully saturated rings. The van der Waals surface area contributed by atoms with Gasteiger partial charge in [-0.25, -0.2) is 4.98 Å². The standard InChI is InChI=1S/C15H16Cl2N2S/c1-4-18-14-12(16)8-13(17)15(19-14)20-11-6-5-9(2)10(3)7-11/h5-8H,4H2,1-3H3,(H,18,19). The van der Waals surface area contributed by atoms with Crippen molar-refractivity contribution < 1.29 is 0 Å². The summed E-state index contributed by atoms with van der Waals surface area (Å²) in [5.74, 6) is 0.671. The van der Waals surface area contributed by atoms with Crippen LogP contribution in [0.5, 0.6) is 0 Å². The third kappa shape index (κ3) is 3.60. The van der Waals surface area contributed by atoms with Gasteiger partial charge in [-0.05, 0) is 50.1 Å². The van der Waals surface area contributed by atoms with Crippen LogP contribution in [0.2, 0.25) is 10.0 Å². The molecule has 5 heteroatoms. The second-order valence-electron chi connectivity index (χ2n) is 4.48. The molecule has 0 saturated heterocycles. The number of rotatable bonds is 4. The van der Waals surface area contributed by atoms with Crippen molar-refractivity contribution in [2.24, 2.45) is 0 Å². The second-order valence-corrected chi connectivity index (χ2v) is 6.36. The Morgan fingerprint density at radius 1 is 1.10 bits per heavy atom. The first-order valence-corrected chi connectivity index (χ1v) is 7.93. The largest absolute Gasteiger partial charge is 0.369 e. The van der Waals surface area contributed by atoms with Crippen molar-refractivity contribution in [3.8, 4) is 0 Å². The van der Waals surface area contributed by atoms with Gasteiger partial charge in [0.25, 0.3) is 0 Å². The maximum absolute atomic E-state index is 6.23. The monoisotopic (exact) mass is 326 g/mol. The van der Waals surface area contributed by atoms with E-state index in [0.717, 1.165) is 16.5 Å². The van der Waals surface area contributed by atoms with Crippen molar-refractivity contribution in [3.05, 3.63) is 45.4 Å². The quantitative estimate of drug-likeness (QED) is 0.792. The third-order valence-electron chi connectivity index (χ3n) is 2.93. The minimum Gasteiger partial charge on any atom is -0.369 e. The lowest BCUT2D eigenvalue weighted by Gasteiger charge is -2.10. The van der Waals surface area contributed by atoms with E-state index in [0.29, 0.717) is 15.9 Å². The zero-order chi connectivity index (χ0) is 14.7. The summed E-state index contributed by atoms with van der Waals surface area (Å²) in [7, 11) is 0. The zero-order valence-corrected chi connectivity index (χ0v) is 14.0. The van der Waals surface area contributed by atoms with Crippen molar-refractivity contribution in [2.75, 3.05) is 11.9 Å². The Bertz CT molecular complexity index is 630. The molecule has 0 atom stereocenters. The van der Waals surface area contributed by atoms with Crippen molar-refractivity contribution in [3.63, 3.8) is 0 Å². The molecule has 0 spiro atoms. The van der Waals surface area contributed by atoms with Gasteiger partial charge in [0, 0.05) is 11.4 Å². The number of hydrogen-bond donors (Lipinski definition) is 1. The van der Waals surface area contributed by atoms with E-state index in [4.69, 9.17) is 23.2 Å². The Balaban J connectivity index is 2.32. The number of benzene rings is 1. The van der Waals surface area contributed by atoms with E-state index in [1.807, 2.05) is 6.92 Å². The van der Waals surface area contributed by atoms with Gasteiger partial charge in [0.15, 0.2) is 0 Å². The molecular weight excluding hydrogens is 311 g/mol. The normalized spacial score (nSPS) is 10.7. The van der Waals surface area contributed by atoms with Crippen LogP contribution < -0.4 is 5.32 Å². The van der Waals surface area contributed by atoms with Gasteiger partial charge < -0.3 is 5.32 Å². The molecule has 0 amide bonds. The Morgan fingerprint density at radius 2 is 1.85 bits per heavy atom. The Hall–Kier alpha value is -0.900. The molecule has 1 heterocycles. The first kappa shape index (κ1) is 15.5. The van der Waals surface area contributed by atoms with Crippen LogP contribution in [0.3, 0.4) is 0 Å². The fraction of sp³-hybridized carbons (Fsp3) is 0.267. The molecule has 2 nitrogen and oxygen atoms in total. The molecule has 0 unspecified atom stereocenters. The van der Waals surface area contributed by atoms with Gasteiger partial charge in [0.05, 0.1) is 10.0 Å². The van der Waals surface area contributed by atoms with E-state index in [9.17, 15) is 0 Å². The maximum Gasteiger partial charge on any atom is 0.146 e. The van der Waals surface area contributed by atoms with E-state index in [2.05, 4.69) is 42.3 Å². The summed E-state index contributed by atoms with van der Waals surface area (Å²) in [5, 5.41) is 5.01. The summed E-state index contributed by atoms with van der Waals surface area (Å²) in [6.45, 7) is 6.96. The third-order valence-corrected chi connectivity index (χ3v) is 4.62. The van der Waals surface area contributed by atoms with E-state index < -0.39 is 0 Å². The van der Waals surface area contributed by atoms with Crippen LogP contribution in [-0.2, 0) is 0 Å². The minimum absolute atomic E-state index is 0.543. The predicted molar refractivity (Wildman–Crippen MR) is 88.5 cm³/mol. The topological polar surface area (TPSA) is 24.9 Å². The molecule has 0 radical (unpaired) electrons. The summed E-state index contributed by atoms with van der Waals surface area (Å²) in [5.41, 5.74) is 2.53. The minimum atomic E-state index is 0.543. The molecule has 0 saturated carbocycles. The highest BCUT2D eigenvalue weighted by Crippen LogP contribution is 2.36. The fourth-order valence-corrected chi connectivity index (χ4v) is 3.13. The number of halogens is 2. The number of hydrogen-bond acceptors (Lipinski definition) is 3. The molecule has 1 aromatic carbocycles. The smallest absolute Gasteiger partial charge is 0.146 e. The first-order chi connectivity index (χ1) is 9.51. The Labute approximate surface area is 133 Å². The lowest BCUT2D eigenvalue weighted by atomic mass is 10.1. The van der Waals surface area contributed by atoms with E-state index in [-0.39, 0.29) is 0 Å². The number of aromatic nitrogens is 1. The van der Waals surface area contributed by atoms with Gasteiger partial charge in [-0.3, -0.25) is 0 Å². The van der Waals surface area contributed by atoms with Crippen LogP contribution in [0.4, 0.5) is 5.82 Å². The highest BCUT2D eigenvalue weighted by atomic mass is 35.5. The summed E-state index contributed by atoms with van der Waals surface area (Å²) in [6, 6.07) is 8.05. The molecule has 20 heavy (non-hydrogen) atoms. The van der Waals surface area contributed by atoms with Crippen molar-refractivity contribution in [1.82, 2.24) is 4.98 Å².